The Kier molecular flexibility index (Phi) is 7.00. The lowest BCUT2D eigenvalue weighted by molar-refractivity contribution is 0.235. The molecule has 118 valence electrons. The van der Waals surface area contributed by atoms with Crippen LogP contribution in [0.1, 0.15) is 32.3 Å². The van der Waals surface area contributed by atoms with Crippen LogP contribution in [0.15, 0.2) is 22.7 Å². The second-order valence-corrected chi connectivity index (χ2v) is 7.00. The van der Waals surface area contributed by atoms with Crippen molar-refractivity contribution < 1.29 is 4.74 Å². The zero-order valence-corrected chi connectivity index (χ0v) is 14.8. The first-order chi connectivity index (χ1) is 10.2. The van der Waals surface area contributed by atoms with Gasteiger partial charge in [0.25, 0.3) is 0 Å². The van der Waals surface area contributed by atoms with E-state index in [1.54, 1.807) is 0 Å². The van der Waals surface area contributed by atoms with E-state index in [2.05, 4.69) is 58.2 Å². The van der Waals surface area contributed by atoms with Crippen LogP contribution in [-0.4, -0.2) is 37.7 Å². The van der Waals surface area contributed by atoms with Crippen molar-refractivity contribution in [1.29, 1.82) is 0 Å². The van der Waals surface area contributed by atoms with Crippen LogP contribution in [-0.2, 0) is 6.54 Å². The predicted octanol–water partition coefficient (Wildman–Crippen LogP) is 3.67. The highest BCUT2D eigenvalue weighted by Gasteiger charge is 2.12. The first-order valence-corrected chi connectivity index (χ1v) is 8.79. The maximum atomic E-state index is 6.06. The zero-order valence-electron chi connectivity index (χ0n) is 13.2. The topological polar surface area (TPSA) is 24.5 Å². The Hall–Kier alpha value is -0.580. The molecule has 1 saturated heterocycles. The van der Waals surface area contributed by atoms with E-state index < -0.39 is 0 Å². The molecule has 0 radical (unpaired) electrons. The summed E-state index contributed by atoms with van der Waals surface area (Å²) in [6.07, 6.45) is 2.67. The maximum absolute atomic E-state index is 6.06. The van der Waals surface area contributed by atoms with Crippen molar-refractivity contribution in [3.63, 3.8) is 0 Å². The number of hydrogen-bond acceptors (Lipinski definition) is 3. The Morgan fingerprint density at radius 1 is 1.29 bits per heavy atom. The Balaban J connectivity index is 1.86. The fourth-order valence-electron chi connectivity index (χ4n) is 2.63. The number of benzene rings is 1. The van der Waals surface area contributed by atoms with Gasteiger partial charge in [0, 0.05) is 18.7 Å². The molecule has 1 aromatic carbocycles. The molecule has 0 unspecified atom stereocenters. The minimum Gasteiger partial charge on any atom is -0.491 e. The molecule has 2 rings (SSSR count). The highest BCUT2D eigenvalue weighted by atomic mass is 79.9. The number of hydrogen-bond donors (Lipinski definition) is 1. The van der Waals surface area contributed by atoms with Gasteiger partial charge in [0.05, 0.1) is 4.47 Å². The van der Waals surface area contributed by atoms with Gasteiger partial charge in [0.2, 0.25) is 0 Å². The van der Waals surface area contributed by atoms with Crippen molar-refractivity contribution in [1.82, 2.24) is 10.2 Å². The van der Waals surface area contributed by atoms with E-state index in [-0.39, 0.29) is 0 Å². The van der Waals surface area contributed by atoms with Crippen molar-refractivity contribution in [2.45, 2.75) is 33.2 Å². The van der Waals surface area contributed by atoms with Gasteiger partial charge in [-0.1, -0.05) is 26.0 Å². The number of halogens is 1. The Labute approximate surface area is 137 Å². The minimum atomic E-state index is 0.664. The molecule has 1 heterocycles. The number of rotatable bonds is 8. The summed E-state index contributed by atoms with van der Waals surface area (Å²) >= 11 is 3.62. The summed E-state index contributed by atoms with van der Waals surface area (Å²) in [6, 6.07) is 6.27. The smallest absolute Gasteiger partial charge is 0.138 e. The van der Waals surface area contributed by atoms with Crippen LogP contribution < -0.4 is 10.1 Å². The number of nitrogens with one attached hydrogen (secondary N) is 1. The van der Waals surface area contributed by atoms with E-state index in [1.165, 1.54) is 31.5 Å². The first kappa shape index (κ1) is 16.8. The number of para-hydroxylation sites is 1. The van der Waals surface area contributed by atoms with Crippen molar-refractivity contribution in [2.75, 3.05) is 32.8 Å². The van der Waals surface area contributed by atoms with E-state index in [9.17, 15) is 0 Å². The van der Waals surface area contributed by atoms with Gasteiger partial charge < -0.3 is 10.1 Å². The van der Waals surface area contributed by atoms with Gasteiger partial charge in [-0.2, -0.15) is 0 Å². The van der Waals surface area contributed by atoms with Crippen molar-refractivity contribution >= 4 is 15.9 Å². The largest absolute Gasteiger partial charge is 0.491 e. The monoisotopic (exact) mass is 354 g/mol. The SMILES string of the molecule is CC(C)CNCc1cccc(Br)c1OCCN1CCCC1. The van der Waals surface area contributed by atoms with E-state index in [4.69, 9.17) is 4.74 Å². The summed E-state index contributed by atoms with van der Waals surface area (Å²) in [4.78, 5) is 2.48. The van der Waals surface area contributed by atoms with Gasteiger partial charge in [-0.25, -0.2) is 0 Å². The molecule has 3 nitrogen and oxygen atoms in total. The van der Waals surface area contributed by atoms with E-state index >= 15 is 0 Å². The van der Waals surface area contributed by atoms with Gasteiger partial charge in [0.1, 0.15) is 12.4 Å². The van der Waals surface area contributed by atoms with Gasteiger partial charge in [-0.05, 0) is 60.4 Å². The van der Waals surface area contributed by atoms with Gasteiger partial charge in [0.15, 0.2) is 0 Å². The molecule has 0 bridgehead atoms. The summed E-state index contributed by atoms with van der Waals surface area (Å²) < 4.78 is 7.11. The molecule has 1 N–H and O–H groups in total. The number of likely N-dealkylation sites (tertiary alicyclic amines) is 1. The molecular formula is C17H27BrN2O. The van der Waals surface area contributed by atoms with E-state index in [1.807, 2.05) is 0 Å². The van der Waals surface area contributed by atoms with Gasteiger partial charge in [-0.15, -0.1) is 0 Å². The first-order valence-electron chi connectivity index (χ1n) is 8.00. The molecule has 1 aliphatic rings. The second-order valence-electron chi connectivity index (χ2n) is 6.15. The van der Waals surface area contributed by atoms with Crippen molar-refractivity contribution in [2.24, 2.45) is 5.92 Å². The standard InChI is InChI=1S/C17H27BrN2O/c1-14(2)12-19-13-15-6-5-7-16(18)17(15)21-11-10-20-8-3-4-9-20/h5-7,14,19H,3-4,8-13H2,1-2H3. The van der Waals surface area contributed by atoms with Gasteiger partial charge >= 0.3 is 0 Å². The fraction of sp³-hybridized carbons (Fsp3) is 0.647. The van der Waals surface area contributed by atoms with E-state index in [0.29, 0.717) is 5.92 Å². The molecule has 0 amide bonds. The van der Waals surface area contributed by atoms with Crippen LogP contribution in [0.4, 0.5) is 0 Å². The molecule has 0 aliphatic carbocycles. The summed E-state index contributed by atoms with van der Waals surface area (Å²) in [6.45, 7) is 10.6. The lowest BCUT2D eigenvalue weighted by atomic mass is 10.2. The van der Waals surface area contributed by atoms with Gasteiger partial charge in [-0.3, -0.25) is 4.90 Å². The Morgan fingerprint density at radius 3 is 2.76 bits per heavy atom. The average molecular weight is 355 g/mol. The third kappa shape index (κ3) is 5.61. The highest BCUT2D eigenvalue weighted by molar-refractivity contribution is 9.10. The van der Waals surface area contributed by atoms with Crippen LogP contribution in [0, 0.1) is 5.92 Å². The number of nitrogens with zero attached hydrogens (tertiary/aromatic N) is 1. The minimum absolute atomic E-state index is 0.664. The molecule has 4 heteroatoms. The second kappa shape index (κ2) is 8.76. The highest BCUT2D eigenvalue weighted by Crippen LogP contribution is 2.29. The lowest BCUT2D eigenvalue weighted by Crippen LogP contribution is -2.25. The van der Waals surface area contributed by atoms with Crippen LogP contribution in [0.2, 0.25) is 0 Å². The Morgan fingerprint density at radius 2 is 2.05 bits per heavy atom. The number of ether oxygens (including phenoxy) is 1. The maximum Gasteiger partial charge on any atom is 0.138 e. The molecule has 1 fully saturated rings. The molecule has 0 spiro atoms. The third-order valence-electron chi connectivity index (χ3n) is 3.77. The molecule has 21 heavy (non-hydrogen) atoms. The molecule has 1 aromatic rings. The third-order valence-corrected chi connectivity index (χ3v) is 4.39. The Bertz CT molecular complexity index is 431. The average Bonchev–Trinajstić information content (AvgIpc) is 2.94. The summed E-state index contributed by atoms with van der Waals surface area (Å²) in [5.41, 5.74) is 1.23. The quantitative estimate of drug-likeness (QED) is 0.770. The summed E-state index contributed by atoms with van der Waals surface area (Å²) in [5.74, 6) is 1.66. The van der Waals surface area contributed by atoms with Crippen LogP contribution in [0.3, 0.4) is 0 Å². The fourth-order valence-corrected chi connectivity index (χ4v) is 3.15. The van der Waals surface area contributed by atoms with Crippen LogP contribution >= 0.6 is 15.9 Å². The normalized spacial score (nSPS) is 15.8. The van der Waals surface area contributed by atoms with Crippen molar-refractivity contribution in [3.8, 4) is 5.75 Å². The van der Waals surface area contributed by atoms with Crippen molar-refractivity contribution in [3.05, 3.63) is 28.2 Å². The summed E-state index contributed by atoms with van der Waals surface area (Å²) in [5, 5.41) is 3.49. The lowest BCUT2D eigenvalue weighted by Gasteiger charge is -2.18. The predicted molar refractivity (Wildman–Crippen MR) is 91.9 cm³/mol. The summed E-state index contributed by atoms with van der Waals surface area (Å²) in [7, 11) is 0. The molecule has 0 aromatic heterocycles. The van der Waals surface area contributed by atoms with E-state index in [0.717, 1.165) is 36.5 Å². The molecule has 0 atom stereocenters. The molecule has 0 saturated carbocycles. The van der Waals surface area contributed by atoms with Crippen LogP contribution in [0.5, 0.6) is 5.75 Å². The zero-order chi connectivity index (χ0) is 15.1. The van der Waals surface area contributed by atoms with Crippen LogP contribution in [0.25, 0.3) is 0 Å². The molecular weight excluding hydrogens is 328 g/mol. The molecule has 1 aliphatic heterocycles.